The molecule has 0 bridgehead atoms. The van der Waals surface area contributed by atoms with Gasteiger partial charge in [0.2, 0.25) is 0 Å². The maximum atomic E-state index is 12.9. The first-order chi connectivity index (χ1) is 8.81. The van der Waals surface area contributed by atoms with E-state index in [1.807, 2.05) is 24.4 Å². The van der Waals surface area contributed by atoms with E-state index < -0.39 is 0 Å². The molecule has 1 aromatic carbocycles. The summed E-state index contributed by atoms with van der Waals surface area (Å²) in [4.78, 5) is 4.43. The summed E-state index contributed by atoms with van der Waals surface area (Å²) in [7, 11) is 0. The van der Waals surface area contributed by atoms with Crippen LogP contribution in [0.15, 0.2) is 42.1 Å². The minimum atomic E-state index is 0.507. The van der Waals surface area contributed by atoms with E-state index in [1.54, 1.807) is 0 Å². The van der Waals surface area contributed by atoms with Crippen molar-refractivity contribution in [3.8, 4) is 0 Å². The fourth-order valence-electron chi connectivity index (χ4n) is 2.31. The predicted octanol–water partition coefficient (Wildman–Crippen LogP) is 3.60. The maximum absolute atomic E-state index is 12.9. The SMILES string of the molecule is FN1CCC(=Cc2cnc3ccccc3c2)CC1. The van der Waals surface area contributed by atoms with Crippen LogP contribution in [0, 0.1) is 0 Å². The number of benzene rings is 1. The van der Waals surface area contributed by atoms with Gasteiger partial charge in [-0.05, 0) is 30.5 Å². The Kier molecular flexibility index (Phi) is 3.07. The van der Waals surface area contributed by atoms with Gasteiger partial charge in [0.25, 0.3) is 0 Å². The van der Waals surface area contributed by atoms with Gasteiger partial charge in [0.15, 0.2) is 0 Å². The second-order valence-electron chi connectivity index (χ2n) is 4.67. The molecule has 92 valence electrons. The fourth-order valence-corrected chi connectivity index (χ4v) is 2.31. The van der Waals surface area contributed by atoms with Gasteiger partial charge >= 0.3 is 0 Å². The van der Waals surface area contributed by atoms with E-state index in [4.69, 9.17) is 0 Å². The molecule has 0 unspecified atom stereocenters. The van der Waals surface area contributed by atoms with Crippen molar-refractivity contribution in [2.75, 3.05) is 13.1 Å². The van der Waals surface area contributed by atoms with Gasteiger partial charge in [-0.1, -0.05) is 29.8 Å². The van der Waals surface area contributed by atoms with E-state index >= 15 is 0 Å². The number of nitrogens with zero attached hydrogens (tertiary/aromatic N) is 2. The number of piperidine rings is 1. The molecule has 3 heteroatoms. The maximum Gasteiger partial charge on any atom is 0.0702 e. The fraction of sp³-hybridized carbons (Fsp3) is 0.267. The molecule has 1 fully saturated rings. The Bertz CT molecular complexity index is 582. The lowest BCUT2D eigenvalue weighted by molar-refractivity contribution is 0.0176. The molecule has 0 saturated carbocycles. The molecular weight excluding hydrogens is 227 g/mol. The van der Waals surface area contributed by atoms with Gasteiger partial charge in [-0.25, -0.2) is 0 Å². The standard InChI is InChI=1S/C15H15FN2/c16-18-7-5-12(6-8-18)9-13-10-14-3-1-2-4-15(14)17-11-13/h1-4,9-11H,5-8H2. The normalized spacial score (nSPS) is 17.1. The summed E-state index contributed by atoms with van der Waals surface area (Å²) < 4.78 is 12.9. The van der Waals surface area contributed by atoms with Crippen LogP contribution in [0.25, 0.3) is 17.0 Å². The summed E-state index contributed by atoms with van der Waals surface area (Å²) in [6, 6.07) is 10.2. The molecule has 18 heavy (non-hydrogen) atoms. The zero-order chi connectivity index (χ0) is 12.4. The van der Waals surface area contributed by atoms with Gasteiger partial charge < -0.3 is 0 Å². The van der Waals surface area contributed by atoms with E-state index in [1.165, 1.54) is 5.57 Å². The summed E-state index contributed by atoms with van der Waals surface area (Å²) >= 11 is 0. The number of halogens is 1. The van der Waals surface area contributed by atoms with E-state index in [0.717, 1.165) is 34.4 Å². The van der Waals surface area contributed by atoms with Crippen molar-refractivity contribution in [2.24, 2.45) is 0 Å². The Morgan fingerprint density at radius 3 is 2.78 bits per heavy atom. The lowest BCUT2D eigenvalue weighted by Crippen LogP contribution is -2.22. The number of aromatic nitrogens is 1. The van der Waals surface area contributed by atoms with Crippen molar-refractivity contribution < 1.29 is 4.48 Å². The van der Waals surface area contributed by atoms with Gasteiger partial charge in [0.1, 0.15) is 0 Å². The minimum absolute atomic E-state index is 0.507. The van der Waals surface area contributed by atoms with Crippen LogP contribution in [0.5, 0.6) is 0 Å². The van der Waals surface area contributed by atoms with Gasteiger partial charge in [-0.2, -0.15) is 0 Å². The van der Waals surface area contributed by atoms with E-state index in [9.17, 15) is 4.48 Å². The van der Waals surface area contributed by atoms with Crippen LogP contribution in [0.2, 0.25) is 0 Å². The van der Waals surface area contributed by atoms with Crippen molar-refractivity contribution in [1.29, 1.82) is 0 Å². The molecule has 1 aliphatic heterocycles. The number of fused-ring (bicyclic) bond motifs is 1. The first-order valence-corrected chi connectivity index (χ1v) is 6.26. The number of hydrogen-bond acceptors (Lipinski definition) is 2. The molecule has 0 amide bonds. The quantitative estimate of drug-likeness (QED) is 0.710. The summed E-state index contributed by atoms with van der Waals surface area (Å²) in [6.45, 7) is 1.01. The summed E-state index contributed by atoms with van der Waals surface area (Å²) in [5.41, 5.74) is 3.43. The van der Waals surface area contributed by atoms with Crippen molar-refractivity contribution >= 4 is 17.0 Å². The van der Waals surface area contributed by atoms with Crippen LogP contribution in [0.4, 0.5) is 4.48 Å². The highest BCUT2D eigenvalue weighted by molar-refractivity contribution is 5.80. The first kappa shape index (κ1) is 11.4. The summed E-state index contributed by atoms with van der Waals surface area (Å²) in [5, 5.41) is 2.03. The Morgan fingerprint density at radius 2 is 1.94 bits per heavy atom. The topological polar surface area (TPSA) is 16.1 Å². The smallest absolute Gasteiger partial charge is 0.0702 e. The van der Waals surface area contributed by atoms with Crippen LogP contribution in [-0.2, 0) is 0 Å². The third-order valence-electron chi connectivity index (χ3n) is 3.33. The largest absolute Gasteiger partial charge is 0.256 e. The molecule has 1 saturated heterocycles. The lowest BCUT2D eigenvalue weighted by atomic mass is 10.0. The zero-order valence-electron chi connectivity index (χ0n) is 10.1. The third-order valence-corrected chi connectivity index (χ3v) is 3.33. The average molecular weight is 242 g/mol. The Hall–Kier alpha value is -1.74. The molecule has 0 spiro atoms. The van der Waals surface area contributed by atoms with E-state index in [2.05, 4.69) is 23.2 Å². The third kappa shape index (κ3) is 2.41. The van der Waals surface area contributed by atoms with Crippen LogP contribution >= 0.6 is 0 Å². The van der Waals surface area contributed by atoms with Gasteiger partial charge in [-0.3, -0.25) is 4.98 Å². The molecule has 2 nitrogen and oxygen atoms in total. The van der Waals surface area contributed by atoms with Gasteiger partial charge in [0, 0.05) is 24.7 Å². The summed E-state index contributed by atoms with van der Waals surface area (Å²) in [6.07, 6.45) is 5.65. The van der Waals surface area contributed by atoms with E-state index in [-0.39, 0.29) is 0 Å². The Balaban J connectivity index is 1.88. The van der Waals surface area contributed by atoms with E-state index in [0.29, 0.717) is 13.1 Å². The molecule has 3 rings (SSSR count). The number of hydrogen-bond donors (Lipinski definition) is 0. The Labute approximate surface area is 106 Å². The second-order valence-corrected chi connectivity index (χ2v) is 4.67. The van der Waals surface area contributed by atoms with Crippen molar-refractivity contribution in [3.63, 3.8) is 0 Å². The Morgan fingerprint density at radius 1 is 1.17 bits per heavy atom. The molecule has 1 aromatic heterocycles. The molecule has 0 N–H and O–H groups in total. The molecule has 2 heterocycles. The van der Waals surface area contributed by atoms with Gasteiger partial charge in [-0.15, -0.1) is 9.60 Å². The van der Waals surface area contributed by atoms with Gasteiger partial charge in [0.05, 0.1) is 5.52 Å². The lowest BCUT2D eigenvalue weighted by Gasteiger charge is -2.19. The highest BCUT2D eigenvalue weighted by atomic mass is 19.2. The predicted molar refractivity (Wildman–Crippen MR) is 71.6 cm³/mol. The molecule has 0 atom stereocenters. The second kappa shape index (κ2) is 4.86. The number of pyridine rings is 1. The van der Waals surface area contributed by atoms with Crippen LogP contribution in [0.1, 0.15) is 18.4 Å². The number of para-hydroxylation sites is 1. The monoisotopic (exact) mass is 242 g/mol. The highest BCUT2D eigenvalue weighted by Crippen LogP contribution is 2.21. The average Bonchev–Trinajstić information content (AvgIpc) is 2.41. The molecule has 0 aliphatic carbocycles. The van der Waals surface area contributed by atoms with Crippen LogP contribution in [-0.4, -0.2) is 23.2 Å². The molecule has 2 aromatic rings. The summed E-state index contributed by atoms with van der Waals surface area (Å²) in [5.74, 6) is 0. The van der Waals surface area contributed by atoms with Crippen molar-refractivity contribution in [2.45, 2.75) is 12.8 Å². The zero-order valence-corrected chi connectivity index (χ0v) is 10.1. The molecule has 1 aliphatic rings. The first-order valence-electron chi connectivity index (χ1n) is 6.26. The van der Waals surface area contributed by atoms with Crippen LogP contribution in [0.3, 0.4) is 0 Å². The van der Waals surface area contributed by atoms with Crippen molar-refractivity contribution in [1.82, 2.24) is 10.1 Å². The van der Waals surface area contributed by atoms with Crippen LogP contribution < -0.4 is 0 Å². The highest BCUT2D eigenvalue weighted by Gasteiger charge is 2.12. The van der Waals surface area contributed by atoms with Crippen molar-refractivity contribution in [3.05, 3.63) is 47.7 Å². The minimum Gasteiger partial charge on any atom is -0.256 e. The number of rotatable bonds is 1. The molecule has 0 radical (unpaired) electrons. The molecular formula is C15H15FN2.